The highest BCUT2D eigenvalue weighted by Crippen LogP contribution is 2.16. The Morgan fingerprint density at radius 2 is 1.85 bits per heavy atom. The molecule has 0 saturated heterocycles. The first-order chi connectivity index (χ1) is 9.84. The molecule has 2 nitrogen and oxygen atoms in total. The third-order valence-corrected chi connectivity index (χ3v) is 4.18. The van der Waals surface area contributed by atoms with E-state index >= 15 is 0 Å². The fourth-order valence-corrected chi connectivity index (χ4v) is 2.96. The van der Waals surface area contributed by atoms with E-state index in [0.717, 1.165) is 17.0 Å². The Bertz CT molecular complexity index is 683. The van der Waals surface area contributed by atoms with Crippen LogP contribution in [-0.2, 0) is 6.42 Å². The topological polar surface area (TPSA) is 22.0 Å². The summed E-state index contributed by atoms with van der Waals surface area (Å²) in [6, 6.07) is 18.1. The van der Waals surface area contributed by atoms with Gasteiger partial charge in [0.05, 0.1) is 4.88 Å². The van der Waals surface area contributed by atoms with E-state index in [0.29, 0.717) is 6.42 Å². The third-order valence-electron chi connectivity index (χ3n) is 3.27. The highest BCUT2D eigenvalue weighted by molar-refractivity contribution is 7.12. The van der Waals surface area contributed by atoms with Crippen molar-refractivity contribution in [2.75, 3.05) is 0 Å². The van der Waals surface area contributed by atoms with E-state index in [1.165, 1.54) is 17.0 Å². The van der Waals surface area contributed by atoms with Gasteiger partial charge in [0.2, 0.25) is 0 Å². The first-order valence-electron chi connectivity index (χ1n) is 6.63. The smallest absolute Gasteiger partial charge is 0.173 e. The molecule has 0 fully saturated rings. The van der Waals surface area contributed by atoms with Crippen LogP contribution in [0.4, 0.5) is 0 Å². The monoisotopic (exact) mass is 281 g/mol. The van der Waals surface area contributed by atoms with E-state index in [9.17, 15) is 4.79 Å². The molecule has 3 heteroatoms. The van der Waals surface area contributed by atoms with Gasteiger partial charge < -0.3 is 4.57 Å². The minimum atomic E-state index is 0.223. The minimum Gasteiger partial charge on any atom is -0.321 e. The number of carbonyl (C=O) groups is 1. The first-order valence-corrected chi connectivity index (χ1v) is 7.51. The highest BCUT2D eigenvalue weighted by Gasteiger charge is 2.09. The molecule has 0 aliphatic carbocycles. The maximum Gasteiger partial charge on any atom is 0.173 e. The molecule has 1 aromatic carbocycles. The molecular weight excluding hydrogens is 266 g/mol. The molecule has 0 atom stereocenters. The van der Waals surface area contributed by atoms with Crippen LogP contribution < -0.4 is 0 Å². The van der Waals surface area contributed by atoms with Crippen molar-refractivity contribution >= 4 is 17.1 Å². The van der Waals surface area contributed by atoms with Gasteiger partial charge in [0.1, 0.15) is 0 Å². The van der Waals surface area contributed by atoms with E-state index in [1.54, 1.807) is 0 Å². The lowest BCUT2D eigenvalue weighted by Crippen LogP contribution is -2.03. The summed E-state index contributed by atoms with van der Waals surface area (Å²) in [5, 5.41) is 1.94. The lowest BCUT2D eigenvalue weighted by atomic mass is 10.1. The average Bonchev–Trinajstić information content (AvgIpc) is 3.17. The van der Waals surface area contributed by atoms with Crippen LogP contribution in [0.25, 0.3) is 5.69 Å². The van der Waals surface area contributed by atoms with Crippen molar-refractivity contribution in [1.29, 1.82) is 0 Å². The Kier molecular flexibility index (Phi) is 3.79. The summed E-state index contributed by atoms with van der Waals surface area (Å²) in [5.74, 6) is 0.223. The quantitative estimate of drug-likeness (QED) is 0.637. The number of aromatic nitrogens is 1. The maximum absolute atomic E-state index is 12.0. The van der Waals surface area contributed by atoms with Crippen molar-refractivity contribution in [3.05, 3.63) is 76.7 Å². The second-order valence-electron chi connectivity index (χ2n) is 4.61. The van der Waals surface area contributed by atoms with Gasteiger partial charge in [0.15, 0.2) is 5.78 Å². The molecule has 0 unspecified atom stereocenters. The molecule has 100 valence electrons. The SMILES string of the molecule is O=C(CCc1cccn1-c1ccccc1)c1cccs1. The Hall–Kier alpha value is -2.13. The molecule has 0 aliphatic rings. The number of benzene rings is 1. The number of hydrogen-bond donors (Lipinski definition) is 0. The Morgan fingerprint density at radius 3 is 2.60 bits per heavy atom. The summed E-state index contributed by atoms with van der Waals surface area (Å²) in [6.07, 6.45) is 3.36. The summed E-state index contributed by atoms with van der Waals surface area (Å²) in [5.41, 5.74) is 2.30. The standard InChI is InChI=1S/C17H15NOS/c19-16(17-9-5-13-20-17)11-10-15-8-4-12-18(15)14-6-2-1-3-7-14/h1-9,12-13H,10-11H2. The van der Waals surface area contributed by atoms with Crippen LogP contribution in [0.15, 0.2) is 66.2 Å². The van der Waals surface area contributed by atoms with Gasteiger partial charge in [0.25, 0.3) is 0 Å². The van der Waals surface area contributed by atoms with Crippen molar-refractivity contribution in [3.8, 4) is 5.69 Å². The van der Waals surface area contributed by atoms with E-state index < -0.39 is 0 Å². The molecule has 3 aromatic rings. The highest BCUT2D eigenvalue weighted by atomic mass is 32.1. The van der Waals surface area contributed by atoms with Crippen LogP contribution in [0.1, 0.15) is 21.8 Å². The minimum absolute atomic E-state index is 0.223. The van der Waals surface area contributed by atoms with Gasteiger partial charge in [-0.2, -0.15) is 0 Å². The fraction of sp³-hybridized carbons (Fsp3) is 0.118. The number of thiophene rings is 1. The molecule has 0 spiro atoms. The molecule has 2 heterocycles. The largest absolute Gasteiger partial charge is 0.321 e. The molecule has 20 heavy (non-hydrogen) atoms. The predicted octanol–water partition coefficient (Wildman–Crippen LogP) is 4.35. The van der Waals surface area contributed by atoms with Gasteiger partial charge in [-0.15, -0.1) is 11.3 Å². The number of hydrogen-bond acceptors (Lipinski definition) is 2. The van der Waals surface area contributed by atoms with Crippen molar-refractivity contribution in [2.45, 2.75) is 12.8 Å². The zero-order valence-electron chi connectivity index (χ0n) is 11.0. The van der Waals surface area contributed by atoms with Gasteiger partial charge in [-0.1, -0.05) is 24.3 Å². The average molecular weight is 281 g/mol. The van der Waals surface area contributed by atoms with Gasteiger partial charge in [-0.3, -0.25) is 4.79 Å². The van der Waals surface area contributed by atoms with E-state index in [-0.39, 0.29) is 5.78 Å². The van der Waals surface area contributed by atoms with Gasteiger partial charge >= 0.3 is 0 Å². The number of rotatable bonds is 5. The second-order valence-corrected chi connectivity index (χ2v) is 5.55. The van der Waals surface area contributed by atoms with Crippen LogP contribution in [0, 0.1) is 0 Å². The Labute approximate surface area is 122 Å². The molecule has 0 bridgehead atoms. The molecule has 2 aromatic heterocycles. The normalized spacial score (nSPS) is 10.6. The van der Waals surface area contributed by atoms with Crippen molar-refractivity contribution < 1.29 is 4.79 Å². The van der Waals surface area contributed by atoms with Crippen LogP contribution in [0.3, 0.4) is 0 Å². The zero-order chi connectivity index (χ0) is 13.8. The Morgan fingerprint density at radius 1 is 1.00 bits per heavy atom. The van der Waals surface area contributed by atoms with E-state index in [1.807, 2.05) is 48.0 Å². The van der Waals surface area contributed by atoms with Gasteiger partial charge in [0, 0.05) is 24.0 Å². The zero-order valence-corrected chi connectivity index (χ0v) is 11.8. The third kappa shape index (κ3) is 2.73. The van der Waals surface area contributed by atoms with E-state index in [2.05, 4.69) is 22.8 Å². The van der Waals surface area contributed by atoms with Gasteiger partial charge in [-0.25, -0.2) is 0 Å². The van der Waals surface area contributed by atoms with Crippen molar-refractivity contribution in [3.63, 3.8) is 0 Å². The van der Waals surface area contributed by atoms with Crippen LogP contribution in [0.5, 0.6) is 0 Å². The van der Waals surface area contributed by atoms with Crippen molar-refractivity contribution in [1.82, 2.24) is 4.57 Å². The number of para-hydroxylation sites is 1. The number of aryl methyl sites for hydroxylation is 1. The molecule has 0 aliphatic heterocycles. The molecular formula is C17H15NOS. The maximum atomic E-state index is 12.0. The number of nitrogens with zero attached hydrogens (tertiary/aromatic N) is 1. The number of ketones is 1. The lowest BCUT2D eigenvalue weighted by Gasteiger charge is -2.08. The Balaban J connectivity index is 1.73. The molecule has 3 rings (SSSR count). The van der Waals surface area contributed by atoms with Crippen LogP contribution in [-0.4, -0.2) is 10.4 Å². The summed E-state index contributed by atoms with van der Waals surface area (Å²) in [7, 11) is 0. The number of carbonyl (C=O) groups excluding carboxylic acids is 1. The fourth-order valence-electron chi connectivity index (χ4n) is 2.26. The molecule has 0 saturated carbocycles. The van der Waals surface area contributed by atoms with Crippen LogP contribution in [0.2, 0.25) is 0 Å². The molecule has 0 N–H and O–H groups in total. The summed E-state index contributed by atoms with van der Waals surface area (Å²) in [6.45, 7) is 0. The summed E-state index contributed by atoms with van der Waals surface area (Å²) >= 11 is 1.51. The summed E-state index contributed by atoms with van der Waals surface area (Å²) in [4.78, 5) is 12.9. The molecule has 0 radical (unpaired) electrons. The lowest BCUT2D eigenvalue weighted by molar-refractivity contribution is 0.0986. The van der Waals surface area contributed by atoms with Crippen LogP contribution >= 0.6 is 11.3 Å². The van der Waals surface area contributed by atoms with Crippen molar-refractivity contribution in [2.24, 2.45) is 0 Å². The molecule has 0 amide bonds. The predicted molar refractivity (Wildman–Crippen MR) is 82.7 cm³/mol. The van der Waals surface area contributed by atoms with E-state index in [4.69, 9.17) is 0 Å². The first kappa shape index (κ1) is 12.9. The summed E-state index contributed by atoms with van der Waals surface area (Å²) < 4.78 is 2.14. The second kappa shape index (κ2) is 5.88. The number of Topliss-reactive ketones (excluding diaryl/α,β-unsaturated/α-hetero) is 1. The van der Waals surface area contributed by atoms with Gasteiger partial charge in [-0.05, 0) is 42.1 Å².